The number of nitrogens with one attached hydrogen (secondary N) is 1. The summed E-state index contributed by atoms with van der Waals surface area (Å²) in [5, 5.41) is 2.95. The molecule has 8 heteroatoms. The molecule has 1 aliphatic rings. The van der Waals surface area contributed by atoms with Gasteiger partial charge in [-0.05, 0) is 31.2 Å². The summed E-state index contributed by atoms with van der Waals surface area (Å²) in [5.41, 5.74) is 0.630. The summed E-state index contributed by atoms with van der Waals surface area (Å²) in [4.78, 5) is 36.8. The topological polar surface area (TPSA) is 94.2 Å². The van der Waals surface area contributed by atoms with Gasteiger partial charge >= 0.3 is 12.1 Å². The van der Waals surface area contributed by atoms with Crippen LogP contribution in [-0.2, 0) is 19.1 Å². The Balaban J connectivity index is 2.07. The van der Waals surface area contributed by atoms with Crippen LogP contribution < -0.4 is 10.1 Å². The van der Waals surface area contributed by atoms with E-state index in [0.29, 0.717) is 11.4 Å². The molecule has 1 atom stereocenters. The van der Waals surface area contributed by atoms with E-state index in [1.807, 2.05) is 0 Å². The molecular weight excluding hydrogens is 316 g/mol. The van der Waals surface area contributed by atoms with Gasteiger partial charge in [0, 0.05) is 5.69 Å². The number of imide groups is 1. The molecule has 0 spiro atoms. The second kappa shape index (κ2) is 8.19. The number of esters is 1. The first-order chi connectivity index (χ1) is 11.5. The lowest BCUT2D eigenvalue weighted by Gasteiger charge is -2.20. The van der Waals surface area contributed by atoms with Crippen LogP contribution in [0, 0.1) is 0 Å². The number of carbonyl (C=O) groups is 3. The second-order valence-corrected chi connectivity index (χ2v) is 5.04. The normalized spacial score (nSPS) is 14.8. The summed E-state index contributed by atoms with van der Waals surface area (Å²) in [5.74, 6) is -0.380. The molecule has 2 amide bonds. The number of rotatable bonds is 7. The Morgan fingerprint density at radius 2 is 2.04 bits per heavy atom. The van der Waals surface area contributed by atoms with Gasteiger partial charge in [-0.2, -0.15) is 0 Å². The predicted octanol–water partition coefficient (Wildman–Crippen LogP) is 1.41. The molecule has 1 fully saturated rings. The van der Waals surface area contributed by atoms with Crippen LogP contribution >= 0.6 is 0 Å². The highest BCUT2D eigenvalue weighted by Gasteiger charge is 2.32. The van der Waals surface area contributed by atoms with Crippen LogP contribution in [0.5, 0.6) is 5.75 Å². The molecule has 8 nitrogen and oxygen atoms in total. The first-order valence-electron chi connectivity index (χ1n) is 7.59. The van der Waals surface area contributed by atoms with Gasteiger partial charge in [-0.15, -0.1) is 0 Å². The lowest BCUT2D eigenvalue weighted by molar-refractivity contribution is -0.146. The van der Waals surface area contributed by atoms with Gasteiger partial charge < -0.3 is 19.5 Å². The van der Waals surface area contributed by atoms with Crippen molar-refractivity contribution in [2.24, 2.45) is 0 Å². The number of anilines is 1. The molecule has 0 unspecified atom stereocenters. The number of cyclic esters (lactones) is 1. The molecule has 1 heterocycles. The molecule has 0 bridgehead atoms. The molecule has 1 saturated heterocycles. The summed E-state index contributed by atoms with van der Waals surface area (Å²) >= 11 is 0. The summed E-state index contributed by atoms with van der Waals surface area (Å²) < 4.78 is 14.8. The third-order valence-corrected chi connectivity index (χ3v) is 3.44. The van der Waals surface area contributed by atoms with Crippen molar-refractivity contribution in [1.82, 2.24) is 4.90 Å². The van der Waals surface area contributed by atoms with Crippen LogP contribution in [0.25, 0.3) is 0 Å². The van der Waals surface area contributed by atoms with E-state index < -0.39 is 24.0 Å². The van der Waals surface area contributed by atoms with Crippen molar-refractivity contribution in [3.8, 4) is 5.75 Å². The molecule has 1 aliphatic heterocycles. The van der Waals surface area contributed by atoms with Crippen molar-refractivity contribution in [3.63, 3.8) is 0 Å². The highest BCUT2D eigenvalue weighted by molar-refractivity contribution is 5.96. The minimum absolute atomic E-state index is 0.167. The maximum atomic E-state index is 12.2. The van der Waals surface area contributed by atoms with Crippen molar-refractivity contribution < 1.29 is 28.6 Å². The summed E-state index contributed by atoms with van der Waals surface area (Å²) in [6.45, 7) is 2.23. The third kappa shape index (κ3) is 4.37. The number of methoxy groups -OCH3 is 1. The molecule has 2 rings (SSSR count). The zero-order chi connectivity index (χ0) is 17.5. The molecule has 24 heavy (non-hydrogen) atoms. The standard InChI is InChI=1S/C16H20N2O6/c1-3-23-15(20)13(10-14(19)18-8-9-24-16(18)21)17-11-4-6-12(22-2)7-5-11/h4-7,13,17H,3,8-10H2,1-2H3/t13-/m0/s1. The fourth-order valence-electron chi connectivity index (χ4n) is 2.23. The van der Waals surface area contributed by atoms with Crippen molar-refractivity contribution in [2.45, 2.75) is 19.4 Å². The number of hydrogen-bond acceptors (Lipinski definition) is 7. The highest BCUT2D eigenvalue weighted by Crippen LogP contribution is 2.18. The number of amides is 2. The monoisotopic (exact) mass is 336 g/mol. The highest BCUT2D eigenvalue weighted by atomic mass is 16.6. The fraction of sp³-hybridized carbons (Fsp3) is 0.438. The van der Waals surface area contributed by atoms with Gasteiger partial charge in [-0.1, -0.05) is 0 Å². The first-order valence-corrected chi connectivity index (χ1v) is 7.59. The average Bonchev–Trinajstić information content (AvgIpc) is 3.01. The van der Waals surface area contributed by atoms with E-state index >= 15 is 0 Å². The average molecular weight is 336 g/mol. The Bertz CT molecular complexity index is 601. The number of nitrogens with zero attached hydrogens (tertiary/aromatic N) is 1. The molecule has 130 valence electrons. The van der Waals surface area contributed by atoms with Gasteiger partial charge in [0.05, 0.1) is 26.7 Å². The molecule has 0 aromatic heterocycles. The quantitative estimate of drug-likeness (QED) is 0.752. The van der Waals surface area contributed by atoms with Crippen molar-refractivity contribution in [3.05, 3.63) is 24.3 Å². The van der Waals surface area contributed by atoms with E-state index in [1.165, 1.54) is 0 Å². The van der Waals surface area contributed by atoms with E-state index in [0.717, 1.165) is 4.90 Å². The minimum Gasteiger partial charge on any atom is -0.497 e. The zero-order valence-corrected chi connectivity index (χ0v) is 13.6. The van der Waals surface area contributed by atoms with E-state index in [2.05, 4.69) is 5.32 Å². The Hall–Kier alpha value is -2.77. The largest absolute Gasteiger partial charge is 0.497 e. The second-order valence-electron chi connectivity index (χ2n) is 5.04. The number of benzene rings is 1. The van der Waals surface area contributed by atoms with Crippen LogP contribution in [0.15, 0.2) is 24.3 Å². The van der Waals surface area contributed by atoms with Gasteiger partial charge in [0.1, 0.15) is 18.4 Å². The Kier molecular flexibility index (Phi) is 6.00. The van der Waals surface area contributed by atoms with Crippen LogP contribution in [-0.4, -0.2) is 55.8 Å². The molecule has 0 aliphatic carbocycles. The van der Waals surface area contributed by atoms with Gasteiger partial charge in [0.2, 0.25) is 5.91 Å². The summed E-state index contributed by atoms with van der Waals surface area (Å²) in [6, 6.07) is 5.99. The summed E-state index contributed by atoms with van der Waals surface area (Å²) in [7, 11) is 1.55. The van der Waals surface area contributed by atoms with Gasteiger partial charge in [0.15, 0.2) is 0 Å². The Morgan fingerprint density at radius 1 is 1.33 bits per heavy atom. The van der Waals surface area contributed by atoms with Crippen molar-refractivity contribution >= 4 is 23.7 Å². The minimum atomic E-state index is -0.903. The van der Waals surface area contributed by atoms with E-state index in [9.17, 15) is 14.4 Å². The van der Waals surface area contributed by atoms with Gasteiger partial charge in [0.25, 0.3) is 0 Å². The lowest BCUT2D eigenvalue weighted by Crippen LogP contribution is -2.40. The molecule has 0 radical (unpaired) electrons. The smallest absolute Gasteiger partial charge is 0.416 e. The van der Waals surface area contributed by atoms with Crippen LogP contribution in [0.2, 0.25) is 0 Å². The van der Waals surface area contributed by atoms with E-state index in [-0.39, 0.29) is 26.2 Å². The lowest BCUT2D eigenvalue weighted by atomic mass is 10.1. The fourth-order valence-corrected chi connectivity index (χ4v) is 2.23. The molecular formula is C16H20N2O6. The molecule has 1 aromatic carbocycles. The number of carbonyl (C=O) groups excluding carboxylic acids is 3. The maximum absolute atomic E-state index is 12.2. The first kappa shape index (κ1) is 17.6. The van der Waals surface area contributed by atoms with Crippen LogP contribution in [0.3, 0.4) is 0 Å². The third-order valence-electron chi connectivity index (χ3n) is 3.44. The number of hydrogen-bond donors (Lipinski definition) is 1. The number of ether oxygens (including phenoxy) is 3. The Morgan fingerprint density at radius 3 is 2.58 bits per heavy atom. The van der Waals surface area contributed by atoms with Crippen LogP contribution in [0.1, 0.15) is 13.3 Å². The molecule has 0 saturated carbocycles. The SMILES string of the molecule is CCOC(=O)[C@H](CC(=O)N1CCOC1=O)Nc1ccc(OC)cc1. The van der Waals surface area contributed by atoms with E-state index in [4.69, 9.17) is 14.2 Å². The predicted molar refractivity (Wildman–Crippen MR) is 84.7 cm³/mol. The maximum Gasteiger partial charge on any atom is 0.416 e. The van der Waals surface area contributed by atoms with Gasteiger partial charge in [-0.25, -0.2) is 14.5 Å². The molecule has 1 aromatic rings. The zero-order valence-electron chi connectivity index (χ0n) is 13.6. The van der Waals surface area contributed by atoms with Crippen molar-refractivity contribution in [1.29, 1.82) is 0 Å². The van der Waals surface area contributed by atoms with E-state index in [1.54, 1.807) is 38.3 Å². The summed E-state index contributed by atoms with van der Waals surface area (Å²) in [6.07, 6.45) is -0.896. The Labute approximate surface area is 139 Å². The molecule has 1 N–H and O–H groups in total. The van der Waals surface area contributed by atoms with Crippen molar-refractivity contribution in [2.75, 3.05) is 32.2 Å². The van der Waals surface area contributed by atoms with Gasteiger partial charge in [-0.3, -0.25) is 4.79 Å². The van der Waals surface area contributed by atoms with Crippen LogP contribution in [0.4, 0.5) is 10.5 Å².